The highest BCUT2D eigenvalue weighted by Gasteiger charge is 2.75. The Kier molecular flexibility index (Phi) is 9.17. The summed E-state index contributed by atoms with van der Waals surface area (Å²) >= 11 is 0. The Labute approximate surface area is 326 Å². The number of alkyl halides is 4. The molecule has 4 heterocycles. The normalized spacial score (nSPS) is 33.2. The van der Waals surface area contributed by atoms with Crippen molar-refractivity contribution in [1.29, 1.82) is 0 Å². The van der Waals surface area contributed by atoms with Gasteiger partial charge in [0, 0.05) is 29.7 Å². The zero-order chi connectivity index (χ0) is 40.9. The van der Waals surface area contributed by atoms with E-state index in [4.69, 9.17) is 4.74 Å². The van der Waals surface area contributed by atoms with Gasteiger partial charge in [-0.1, -0.05) is 43.2 Å². The first-order valence-electron chi connectivity index (χ1n) is 19.4. The average molecular weight is 820 g/mol. The summed E-state index contributed by atoms with van der Waals surface area (Å²) in [6.45, 7) is 2.97. The topological polar surface area (TPSA) is 175 Å². The predicted octanol–water partition coefficient (Wildman–Crippen LogP) is 4.99. The van der Waals surface area contributed by atoms with Crippen LogP contribution in [0, 0.1) is 12.8 Å². The second-order valence-electron chi connectivity index (χ2n) is 17.0. The van der Waals surface area contributed by atoms with Gasteiger partial charge in [0.05, 0.1) is 22.5 Å². The number of rotatable bonds is 5. The molecule has 4 amide bonds. The molecule has 6 aliphatic rings. The zero-order valence-corrected chi connectivity index (χ0v) is 32.3. The number of hydrogen-bond donors (Lipinski definition) is 3. The van der Waals surface area contributed by atoms with Gasteiger partial charge in [-0.3, -0.25) is 24.0 Å². The van der Waals surface area contributed by atoms with Crippen LogP contribution in [0.5, 0.6) is 5.75 Å². The summed E-state index contributed by atoms with van der Waals surface area (Å²) in [6, 6.07) is 1.66. The number of pyridine rings is 1. The van der Waals surface area contributed by atoms with E-state index in [0.29, 0.717) is 50.0 Å². The largest absolute Gasteiger partial charge is 0.483 e. The van der Waals surface area contributed by atoms with E-state index in [-0.39, 0.29) is 43.5 Å². The number of fused-ring (bicyclic) bond motifs is 5. The standard InChI is InChI=1S/C39H45F4N5O8S/c1-22-30-25(24-11-8-9-12-26(24)44-22)14-15-36(56-30)19-28-31(49)45-37(33(51)46-57(54,55)35(2)16-17-35)18-23(37)10-6-4-3-5-7-13-27(32(50)47(28)21-36)48(34(52)53)29-20-38(40,41)39(29,42)43/h6,8-12,23,27-29H,3-5,7,13-21H2,1-2H3,(H,45,49)(H,46,51)(H,52,53)/b10-6-/t23-,27+,28+,29?,36-,37-/m1/s1. The number of aryl methyl sites for hydroxylation is 2. The molecule has 6 atom stereocenters. The fraction of sp³-hybridized carbons (Fsp3) is 0.615. The Morgan fingerprint density at radius 2 is 1.79 bits per heavy atom. The first-order valence-corrected chi connectivity index (χ1v) is 20.9. The van der Waals surface area contributed by atoms with Crippen LogP contribution in [0.4, 0.5) is 22.4 Å². The molecule has 8 rings (SSSR count). The predicted molar refractivity (Wildman–Crippen MR) is 196 cm³/mol. The second kappa shape index (κ2) is 13.3. The highest BCUT2D eigenvalue weighted by Crippen LogP contribution is 2.54. The van der Waals surface area contributed by atoms with Gasteiger partial charge in [-0.15, -0.1) is 0 Å². The van der Waals surface area contributed by atoms with Crippen molar-refractivity contribution in [3.05, 3.63) is 47.7 Å². The lowest BCUT2D eigenvalue weighted by molar-refractivity contribution is -0.312. The third-order valence-electron chi connectivity index (χ3n) is 13.1. The number of halogens is 4. The SMILES string of the molecule is Cc1nc2ccccc2c2c1O[C@]1(CC2)C[C@H]2C(=O)N[C@]3(C(=O)NS(=O)(=O)C4(C)CC4)C[C@H]3/C=C\CCCCC[C@H](N(C(=O)O)C3CC(F)(F)C3(F)F)C(=O)N2C1. The summed E-state index contributed by atoms with van der Waals surface area (Å²) in [7, 11) is -4.12. The van der Waals surface area contributed by atoms with E-state index in [1.54, 1.807) is 19.1 Å². The molecule has 0 radical (unpaired) electrons. The molecular formula is C39H45F4N5O8S. The van der Waals surface area contributed by atoms with E-state index >= 15 is 0 Å². The summed E-state index contributed by atoms with van der Waals surface area (Å²) in [5.74, 6) is -12.2. The number of allylic oxidation sites excluding steroid dienone is 1. The fourth-order valence-corrected chi connectivity index (χ4v) is 10.4. The Morgan fingerprint density at radius 3 is 2.47 bits per heavy atom. The molecule has 18 heteroatoms. The van der Waals surface area contributed by atoms with Crippen molar-refractivity contribution in [1.82, 2.24) is 24.8 Å². The van der Waals surface area contributed by atoms with Gasteiger partial charge in [0.25, 0.3) is 5.91 Å². The highest BCUT2D eigenvalue weighted by atomic mass is 32.2. The smallest absolute Gasteiger partial charge is 0.408 e. The van der Waals surface area contributed by atoms with Crippen molar-refractivity contribution in [2.24, 2.45) is 5.92 Å². The molecule has 1 spiro atoms. The molecule has 3 aliphatic heterocycles. The number of carbonyl (C=O) groups excluding carboxylic acids is 3. The monoisotopic (exact) mass is 819 g/mol. The van der Waals surface area contributed by atoms with Crippen molar-refractivity contribution < 1.29 is 55.0 Å². The Hall–Kier alpha value is -4.48. The van der Waals surface area contributed by atoms with Crippen LogP contribution in [0.1, 0.15) is 88.8 Å². The molecule has 308 valence electrons. The van der Waals surface area contributed by atoms with Gasteiger partial charge < -0.3 is 20.1 Å². The van der Waals surface area contributed by atoms with E-state index in [1.165, 1.54) is 6.92 Å². The number of benzene rings is 1. The number of nitrogens with one attached hydrogen (secondary N) is 2. The summed E-state index contributed by atoms with van der Waals surface area (Å²) < 4.78 is 92.4. The number of ether oxygens (including phenoxy) is 1. The minimum absolute atomic E-state index is 0.0569. The van der Waals surface area contributed by atoms with Crippen molar-refractivity contribution in [2.75, 3.05) is 6.54 Å². The van der Waals surface area contributed by atoms with Crippen molar-refractivity contribution >= 4 is 44.7 Å². The number of nitrogens with zero attached hydrogens (tertiary/aromatic N) is 3. The minimum Gasteiger partial charge on any atom is -0.483 e. The molecule has 13 nitrogen and oxygen atoms in total. The molecule has 0 bridgehead atoms. The maximum atomic E-state index is 15.0. The lowest BCUT2D eigenvalue weighted by atomic mass is 9.80. The van der Waals surface area contributed by atoms with Crippen LogP contribution in [-0.4, -0.2) is 105 Å². The molecule has 4 fully saturated rings. The van der Waals surface area contributed by atoms with E-state index in [0.717, 1.165) is 21.4 Å². The number of para-hydroxylation sites is 1. The molecule has 3 N–H and O–H groups in total. The van der Waals surface area contributed by atoms with Crippen LogP contribution < -0.4 is 14.8 Å². The highest BCUT2D eigenvalue weighted by molar-refractivity contribution is 7.91. The van der Waals surface area contributed by atoms with Crippen LogP contribution >= 0.6 is 0 Å². The molecule has 3 saturated carbocycles. The summed E-state index contributed by atoms with van der Waals surface area (Å²) in [4.78, 5) is 62.1. The zero-order valence-electron chi connectivity index (χ0n) is 31.5. The van der Waals surface area contributed by atoms with Gasteiger partial charge in [-0.2, -0.15) is 17.6 Å². The summed E-state index contributed by atoms with van der Waals surface area (Å²) in [6.07, 6.45) is 2.63. The summed E-state index contributed by atoms with van der Waals surface area (Å²) in [5, 5.41) is 13.9. The number of hydrogen-bond acceptors (Lipinski definition) is 8. The molecule has 2 aromatic rings. The molecule has 1 aromatic heterocycles. The molecule has 1 aromatic carbocycles. The first-order chi connectivity index (χ1) is 26.7. The van der Waals surface area contributed by atoms with Crippen molar-refractivity contribution in [3.8, 4) is 5.75 Å². The fourth-order valence-electron chi connectivity index (χ4n) is 9.12. The molecule has 3 aliphatic carbocycles. The maximum absolute atomic E-state index is 15.0. The third kappa shape index (κ3) is 6.40. The minimum atomic E-state index is -4.75. The van der Waals surface area contributed by atoms with E-state index in [9.17, 15) is 50.3 Å². The first kappa shape index (κ1) is 39.4. The molecule has 57 heavy (non-hydrogen) atoms. The molecular weight excluding hydrogens is 775 g/mol. The van der Waals surface area contributed by atoms with Gasteiger partial charge in [-0.25, -0.2) is 18.2 Å². The lowest BCUT2D eigenvalue weighted by Crippen LogP contribution is -2.72. The van der Waals surface area contributed by atoms with Crippen molar-refractivity contribution in [3.63, 3.8) is 0 Å². The van der Waals surface area contributed by atoms with Crippen LogP contribution in [0.15, 0.2) is 36.4 Å². The number of carbonyl (C=O) groups is 4. The number of carboxylic acid groups (broad SMARTS) is 1. The quantitative estimate of drug-likeness (QED) is 0.277. The van der Waals surface area contributed by atoms with Gasteiger partial charge in [0.2, 0.25) is 21.8 Å². The maximum Gasteiger partial charge on any atom is 0.408 e. The van der Waals surface area contributed by atoms with Gasteiger partial charge in [-0.05, 0) is 71.3 Å². The molecule has 1 unspecified atom stereocenters. The van der Waals surface area contributed by atoms with Crippen molar-refractivity contribution in [2.45, 2.75) is 137 Å². The van der Waals surface area contributed by atoms with Crippen LogP contribution in [0.2, 0.25) is 0 Å². The van der Waals surface area contributed by atoms with Crippen LogP contribution in [-0.2, 0) is 30.8 Å². The second-order valence-corrected chi connectivity index (χ2v) is 19.2. The Balaban J connectivity index is 1.18. The lowest BCUT2D eigenvalue weighted by Gasteiger charge is -2.50. The Bertz CT molecular complexity index is 2200. The van der Waals surface area contributed by atoms with E-state index in [1.807, 2.05) is 24.3 Å². The third-order valence-corrected chi connectivity index (χ3v) is 15.3. The van der Waals surface area contributed by atoms with Gasteiger partial charge in [0.1, 0.15) is 35.0 Å². The number of sulfonamides is 1. The van der Waals surface area contributed by atoms with E-state index < -0.39 is 92.0 Å². The number of amides is 4. The van der Waals surface area contributed by atoms with E-state index in [2.05, 4.69) is 15.0 Å². The van der Waals surface area contributed by atoms with Crippen LogP contribution in [0.3, 0.4) is 0 Å². The molecule has 1 saturated heterocycles. The van der Waals surface area contributed by atoms with Crippen LogP contribution in [0.25, 0.3) is 10.9 Å². The Morgan fingerprint density at radius 1 is 1.05 bits per heavy atom. The van der Waals surface area contributed by atoms with Gasteiger partial charge >= 0.3 is 17.9 Å². The average Bonchev–Trinajstić information content (AvgIpc) is 4.04. The summed E-state index contributed by atoms with van der Waals surface area (Å²) in [5.41, 5.74) is -0.826. The van der Waals surface area contributed by atoms with Gasteiger partial charge in [0.15, 0.2) is 0 Å². The number of aromatic nitrogens is 1.